The lowest BCUT2D eigenvalue weighted by Gasteiger charge is -2.10. The lowest BCUT2D eigenvalue weighted by Crippen LogP contribution is -2.15. The van der Waals surface area contributed by atoms with Crippen molar-refractivity contribution in [2.45, 2.75) is 19.5 Å². The second-order valence-electron chi connectivity index (χ2n) is 2.28. The van der Waals surface area contributed by atoms with Crippen molar-refractivity contribution >= 4 is 0 Å². The van der Waals surface area contributed by atoms with Crippen molar-refractivity contribution in [2.24, 2.45) is 5.92 Å². The summed E-state index contributed by atoms with van der Waals surface area (Å²) in [7, 11) is 0. The number of alkyl halides is 5. The molecule has 0 saturated heterocycles. The maximum Gasteiger partial charge on any atom is 0.445 e. The Hall–Kier alpha value is -0.750. The van der Waals surface area contributed by atoms with Crippen LogP contribution in [-0.2, 0) is 0 Å². The van der Waals surface area contributed by atoms with Gasteiger partial charge in [-0.2, -0.15) is 17.6 Å². The van der Waals surface area contributed by atoms with Gasteiger partial charge in [-0.25, -0.2) is 13.2 Å². The van der Waals surface area contributed by atoms with Crippen molar-refractivity contribution in [3.63, 3.8) is 0 Å². The zero-order valence-corrected chi connectivity index (χ0v) is 6.30. The van der Waals surface area contributed by atoms with Crippen LogP contribution in [0.3, 0.4) is 0 Å². The highest BCUT2D eigenvalue weighted by atomic mass is 19.4. The van der Waals surface area contributed by atoms with E-state index in [-0.39, 0.29) is 0 Å². The Bertz CT molecular complexity index is 202. The first kappa shape index (κ1) is 12.2. The lowest BCUT2D eigenvalue weighted by atomic mass is 10.1. The number of hydrogen-bond donors (Lipinski definition) is 0. The highest BCUT2D eigenvalue weighted by Gasteiger charge is 2.40. The third kappa shape index (κ3) is 3.23. The first-order valence-corrected chi connectivity index (χ1v) is 3.08. The maximum atomic E-state index is 12.2. The van der Waals surface area contributed by atoms with Gasteiger partial charge in [0, 0.05) is 0 Å². The number of halogens is 7. The summed E-state index contributed by atoms with van der Waals surface area (Å²) in [5, 5.41) is 0. The molecule has 1 atom stereocenters. The van der Waals surface area contributed by atoms with Gasteiger partial charge < -0.3 is 0 Å². The highest BCUT2D eigenvalue weighted by molar-refractivity contribution is 5.08. The summed E-state index contributed by atoms with van der Waals surface area (Å²) in [6.45, 7) is 0.464. The topological polar surface area (TPSA) is 0 Å². The molecule has 1 unspecified atom stereocenters. The normalized spacial score (nSPS) is 17.3. The summed E-state index contributed by atoms with van der Waals surface area (Å²) in [4.78, 5) is 0. The molecule has 0 amide bonds. The van der Waals surface area contributed by atoms with E-state index in [0.717, 1.165) is 0 Å². The van der Waals surface area contributed by atoms with Crippen LogP contribution >= 0.6 is 0 Å². The first-order chi connectivity index (χ1) is 5.68. The summed E-state index contributed by atoms with van der Waals surface area (Å²) in [6, 6.07) is 0. The Kier molecular flexibility index (Phi) is 3.74. The van der Waals surface area contributed by atoms with Gasteiger partial charge in [-0.1, -0.05) is 6.92 Å². The minimum Gasteiger partial charge on any atom is -0.210 e. The molecule has 13 heavy (non-hydrogen) atoms. The van der Waals surface area contributed by atoms with Gasteiger partial charge >= 0.3 is 6.18 Å². The largest absolute Gasteiger partial charge is 0.445 e. The van der Waals surface area contributed by atoms with E-state index in [9.17, 15) is 30.7 Å². The van der Waals surface area contributed by atoms with Gasteiger partial charge in [-0.15, -0.1) is 0 Å². The van der Waals surface area contributed by atoms with Crippen LogP contribution in [0.2, 0.25) is 0 Å². The third-order valence-electron chi connectivity index (χ3n) is 1.24. The zero-order valence-electron chi connectivity index (χ0n) is 6.30. The Morgan fingerprint density at radius 2 is 1.46 bits per heavy atom. The second kappa shape index (κ2) is 3.97. The van der Waals surface area contributed by atoms with E-state index in [1.54, 1.807) is 0 Å². The summed E-state index contributed by atoms with van der Waals surface area (Å²) in [5.41, 5.74) is 0. The zero-order chi connectivity index (χ0) is 10.8. The highest BCUT2D eigenvalue weighted by Crippen LogP contribution is 2.34. The minimum absolute atomic E-state index is 0.464. The van der Waals surface area contributed by atoms with Gasteiger partial charge in [0.05, 0.1) is 5.92 Å². The quantitative estimate of drug-likeness (QED) is 0.611. The summed E-state index contributed by atoms with van der Waals surface area (Å²) < 4.78 is 81.7. The van der Waals surface area contributed by atoms with Crippen molar-refractivity contribution < 1.29 is 30.7 Å². The van der Waals surface area contributed by atoms with Crippen LogP contribution in [0.15, 0.2) is 11.7 Å². The van der Waals surface area contributed by atoms with Crippen molar-refractivity contribution in [1.82, 2.24) is 0 Å². The molecule has 0 N–H and O–H groups in total. The van der Waals surface area contributed by atoms with E-state index in [4.69, 9.17) is 0 Å². The molecule has 0 aliphatic heterocycles. The Labute approximate surface area is 69.0 Å². The van der Waals surface area contributed by atoms with E-state index >= 15 is 0 Å². The molecule has 0 fully saturated rings. The van der Waals surface area contributed by atoms with Gasteiger partial charge in [0.15, 0.2) is 0 Å². The molecule has 0 spiro atoms. The fraction of sp³-hybridized carbons (Fsp3) is 0.667. The molecule has 0 heterocycles. The van der Waals surface area contributed by atoms with Gasteiger partial charge in [0.1, 0.15) is 5.83 Å². The van der Waals surface area contributed by atoms with Crippen LogP contribution in [-0.4, -0.2) is 12.6 Å². The molecule has 7 heteroatoms. The number of allylic oxidation sites excluding steroid dienone is 2. The molecular weight excluding hydrogens is 205 g/mol. The Morgan fingerprint density at radius 3 is 1.69 bits per heavy atom. The molecule has 0 aliphatic carbocycles. The number of hydrogen-bond acceptors (Lipinski definition) is 0. The van der Waals surface area contributed by atoms with Crippen molar-refractivity contribution in [1.29, 1.82) is 0 Å². The first-order valence-electron chi connectivity index (χ1n) is 3.08. The SMILES string of the molecule is CC(C(F)=C(F)C(F)(F)F)C(F)F. The summed E-state index contributed by atoms with van der Waals surface area (Å²) in [5.74, 6) is -7.95. The van der Waals surface area contributed by atoms with E-state index < -0.39 is 30.2 Å². The van der Waals surface area contributed by atoms with Crippen LogP contribution in [0.25, 0.3) is 0 Å². The second-order valence-corrected chi connectivity index (χ2v) is 2.28. The molecule has 0 rings (SSSR count). The molecule has 0 bridgehead atoms. The monoisotopic (exact) mass is 210 g/mol. The van der Waals surface area contributed by atoms with Crippen molar-refractivity contribution in [3.8, 4) is 0 Å². The molecule has 0 saturated carbocycles. The van der Waals surface area contributed by atoms with Crippen LogP contribution in [0.5, 0.6) is 0 Å². The molecule has 0 aromatic carbocycles. The third-order valence-corrected chi connectivity index (χ3v) is 1.24. The van der Waals surface area contributed by atoms with Gasteiger partial charge in [0.2, 0.25) is 12.3 Å². The van der Waals surface area contributed by atoms with Gasteiger partial charge in [-0.3, -0.25) is 0 Å². The molecule has 0 aromatic rings. The van der Waals surface area contributed by atoms with E-state index in [2.05, 4.69) is 0 Å². The fourth-order valence-corrected chi connectivity index (χ4v) is 0.446. The Balaban J connectivity index is 4.82. The number of rotatable bonds is 2. The van der Waals surface area contributed by atoms with Crippen molar-refractivity contribution in [2.75, 3.05) is 0 Å². The molecule has 0 aromatic heterocycles. The summed E-state index contributed by atoms with van der Waals surface area (Å²) >= 11 is 0. The molecule has 0 radical (unpaired) electrons. The van der Waals surface area contributed by atoms with Crippen LogP contribution in [0.4, 0.5) is 30.7 Å². The van der Waals surface area contributed by atoms with Gasteiger partial charge in [0.25, 0.3) is 0 Å². The Morgan fingerprint density at radius 1 is 1.08 bits per heavy atom. The van der Waals surface area contributed by atoms with E-state index in [1.165, 1.54) is 0 Å². The van der Waals surface area contributed by atoms with Crippen LogP contribution in [0.1, 0.15) is 6.92 Å². The standard InChI is InChI=1S/C6H5F7/c1-2(5(9)10)3(7)4(8)6(11,12)13/h2,5H,1H3. The maximum absolute atomic E-state index is 12.2. The smallest absolute Gasteiger partial charge is 0.210 e. The van der Waals surface area contributed by atoms with E-state index in [1.807, 2.05) is 0 Å². The average Bonchev–Trinajstić information content (AvgIpc) is 1.98. The minimum atomic E-state index is -5.55. The predicted molar refractivity (Wildman–Crippen MR) is 30.5 cm³/mol. The van der Waals surface area contributed by atoms with Crippen LogP contribution in [0, 0.1) is 5.92 Å². The molecule has 0 aliphatic rings. The van der Waals surface area contributed by atoms with Gasteiger partial charge in [-0.05, 0) is 0 Å². The molecule has 78 valence electrons. The molecular formula is C6H5F7. The van der Waals surface area contributed by atoms with Crippen molar-refractivity contribution in [3.05, 3.63) is 11.7 Å². The average molecular weight is 210 g/mol. The molecule has 0 nitrogen and oxygen atoms in total. The van der Waals surface area contributed by atoms with E-state index in [0.29, 0.717) is 6.92 Å². The summed E-state index contributed by atoms with van der Waals surface area (Å²) in [6.07, 6.45) is -8.92. The van der Waals surface area contributed by atoms with Crippen LogP contribution < -0.4 is 0 Å². The fourth-order valence-electron chi connectivity index (χ4n) is 0.446. The predicted octanol–water partition coefficient (Wildman–Crippen LogP) is 3.60. The lowest BCUT2D eigenvalue weighted by molar-refractivity contribution is -0.112.